The summed E-state index contributed by atoms with van der Waals surface area (Å²) in [6.45, 7) is 2.02. The molecule has 0 amide bonds. The zero-order valence-electron chi connectivity index (χ0n) is 8.29. The van der Waals surface area contributed by atoms with Crippen LogP contribution in [0.25, 0.3) is 0 Å². The van der Waals surface area contributed by atoms with E-state index in [1.165, 1.54) is 0 Å². The third kappa shape index (κ3) is 3.19. The first-order chi connectivity index (χ1) is 6.65. The molecule has 0 bridgehead atoms. The van der Waals surface area contributed by atoms with E-state index in [9.17, 15) is 4.21 Å². The maximum Gasteiger partial charge on any atom is 0.0556 e. The Labute approximate surface area is 95.7 Å². The van der Waals surface area contributed by atoms with Gasteiger partial charge < -0.3 is 5.32 Å². The summed E-state index contributed by atoms with van der Waals surface area (Å²) < 4.78 is 12.8. The van der Waals surface area contributed by atoms with Gasteiger partial charge in [0.25, 0.3) is 0 Å². The molecule has 78 valence electrons. The van der Waals surface area contributed by atoms with Gasteiger partial charge in [-0.25, -0.2) is 0 Å². The highest BCUT2D eigenvalue weighted by molar-refractivity contribution is 9.10. The molecule has 0 spiro atoms. The Morgan fingerprint density at radius 2 is 2.14 bits per heavy atom. The van der Waals surface area contributed by atoms with Gasteiger partial charge in [-0.2, -0.15) is 0 Å². The Morgan fingerprint density at radius 3 is 2.71 bits per heavy atom. The molecule has 0 aromatic heterocycles. The second kappa shape index (κ2) is 5.63. The van der Waals surface area contributed by atoms with Gasteiger partial charge >= 0.3 is 0 Å². The van der Waals surface area contributed by atoms with Gasteiger partial charge in [-0.3, -0.25) is 4.21 Å². The van der Waals surface area contributed by atoms with Crippen molar-refractivity contribution < 1.29 is 4.21 Å². The van der Waals surface area contributed by atoms with Gasteiger partial charge in [0, 0.05) is 16.3 Å². The molecule has 1 rings (SSSR count). The largest absolute Gasteiger partial charge is 0.316 e. The molecule has 0 heterocycles. The van der Waals surface area contributed by atoms with E-state index >= 15 is 0 Å². The van der Waals surface area contributed by atoms with Crippen LogP contribution in [0.5, 0.6) is 0 Å². The maximum atomic E-state index is 11.9. The second-order valence-corrected chi connectivity index (χ2v) is 5.45. The van der Waals surface area contributed by atoms with Crippen molar-refractivity contribution in [1.82, 2.24) is 5.32 Å². The van der Waals surface area contributed by atoms with Gasteiger partial charge in [0.15, 0.2) is 0 Å². The Balaban J connectivity index is 2.75. The lowest BCUT2D eigenvalue weighted by Crippen LogP contribution is -2.27. The Morgan fingerprint density at radius 1 is 1.50 bits per heavy atom. The van der Waals surface area contributed by atoms with Gasteiger partial charge in [-0.05, 0) is 42.0 Å². The fourth-order valence-corrected chi connectivity index (χ4v) is 3.17. The molecule has 0 saturated heterocycles. The Kier molecular flexibility index (Phi) is 4.78. The normalized spacial score (nSPS) is 15.1. The molecule has 2 atom stereocenters. The van der Waals surface area contributed by atoms with E-state index in [0.717, 1.165) is 9.37 Å². The first kappa shape index (κ1) is 11.9. The Bertz CT molecular complexity index is 330. The first-order valence-corrected chi connectivity index (χ1v) is 6.56. The summed E-state index contributed by atoms with van der Waals surface area (Å²) in [4.78, 5) is 0.870. The molecule has 0 aliphatic heterocycles. The lowest BCUT2D eigenvalue weighted by molar-refractivity contribution is 0.645. The van der Waals surface area contributed by atoms with Crippen molar-refractivity contribution >= 4 is 26.7 Å². The molecular weight excluding hydrogens is 262 g/mol. The first-order valence-electron chi connectivity index (χ1n) is 4.45. The van der Waals surface area contributed by atoms with Crippen LogP contribution in [-0.2, 0) is 10.8 Å². The molecule has 1 N–H and O–H groups in total. The van der Waals surface area contributed by atoms with Crippen LogP contribution in [0.15, 0.2) is 33.6 Å². The van der Waals surface area contributed by atoms with Crippen LogP contribution in [0.2, 0.25) is 0 Å². The molecule has 14 heavy (non-hydrogen) atoms. The topological polar surface area (TPSA) is 29.1 Å². The minimum absolute atomic E-state index is 0.267. The van der Waals surface area contributed by atoms with E-state index in [1.54, 1.807) is 0 Å². The van der Waals surface area contributed by atoms with Crippen LogP contribution in [0.1, 0.15) is 6.92 Å². The van der Waals surface area contributed by atoms with Crippen LogP contribution < -0.4 is 5.32 Å². The highest BCUT2D eigenvalue weighted by Crippen LogP contribution is 2.19. The molecule has 0 saturated carbocycles. The van der Waals surface area contributed by atoms with E-state index < -0.39 is 10.8 Å². The SMILES string of the molecule is CNC(C)CS(=O)c1ccccc1Br. The highest BCUT2D eigenvalue weighted by Gasteiger charge is 2.10. The van der Waals surface area contributed by atoms with Gasteiger partial charge in [-0.15, -0.1) is 0 Å². The molecule has 0 aliphatic carbocycles. The zero-order valence-corrected chi connectivity index (χ0v) is 10.7. The Hall–Kier alpha value is -0.190. The summed E-state index contributed by atoms with van der Waals surface area (Å²) in [6, 6.07) is 7.90. The fraction of sp³-hybridized carbons (Fsp3) is 0.400. The third-order valence-electron chi connectivity index (χ3n) is 1.98. The van der Waals surface area contributed by atoms with E-state index in [2.05, 4.69) is 21.2 Å². The van der Waals surface area contributed by atoms with Crippen molar-refractivity contribution in [2.75, 3.05) is 12.8 Å². The molecule has 0 fully saturated rings. The van der Waals surface area contributed by atoms with E-state index in [1.807, 2.05) is 38.2 Å². The van der Waals surface area contributed by atoms with Crippen LogP contribution >= 0.6 is 15.9 Å². The zero-order chi connectivity index (χ0) is 10.6. The molecule has 4 heteroatoms. The highest BCUT2D eigenvalue weighted by atomic mass is 79.9. The third-order valence-corrected chi connectivity index (χ3v) is 4.58. The predicted molar refractivity (Wildman–Crippen MR) is 63.9 cm³/mol. The molecule has 1 aromatic carbocycles. The number of rotatable bonds is 4. The summed E-state index contributed by atoms with van der Waals surface area (Å²) in [5, 5.41) is 3.08. The minimum atomic E-state index is -0.934. The molecule has 2 nitrogen and oxygen atoms in total. The predicted octanol–water partition coefficient (Wildman–Crippen LogP) is 2.16. The van der Waals surface area contributed by atoms with Crippen LogP contribution in [0.3, 0.4) is 0 Å². The maximum absolute atomic E-state index is 11.9. The van der Waals surface area contributed by atoms with Gasteiger partial charge in [0.2, 0.25) is 0 Å². The van der Waals surface area contributed by atoms with Crippen molar-refractivity contribution in [2.45, 2.75) is 17.9 Å². The smallest absolute Gasteiger partial charge is 0.0556 e. The van der Waals surface area contributed by atoms with Gasteiger partial charge in [0.1, 0.15) is 0 Å². The minimum Gasteiger partial charge on any atom is -0.316 e. The van der Waals surface area contributed by atoms with E-state index in [-0.39, 0.29) is 6.04 Å². The lowest BCUT2D eigenvalue weighted by Gasteiger charge is -2.10. The van der Waals surface area contributed by atoms with Crippen molar-refractivity contribution in [3.63, 3.8) is 0 Å². The molecule has 2 unspecified atom stereocenters. The van der Waals surface area contributed by atoms with Crippen molar-refractivity contribution in [3.05, 3.63) is 28.7 Å². The number of benzene rings is 1. The van der Waals surface area contributed by atoms with Crippen molar-refractivity contribution in [2.24, 2.45) is 0 Å². The summed E-state index contributed by atoms with van der Waals surface area (Å²) in [5.41, 5.74) is 0. The molecule has 1 aromatic rings. The summed E-state index contributed by atoms with van der Waals surface area (Å²) in [5.74, 6) is 0.638. The van der Waals surface area contributed by atoms with Gasteiger partial charge in [-0.1, -0.05) is 12.1 Å². The standard InChI is InChI=1S/C10H14BrNOS/c1-8(12-2)7-14(13)10-6-4-3-5-9(10)11/h3-6,8,12H,7H2,1-2H3. The lowest BCUT2D eigenvalue weighted by atomic mass is 10.4. The summed E-state index contributed by atoms with van der Waals surface area (Å²) in [7, 11) is 0.943. The van der Waals surface area contributed by atoms with Crippen LogP contribution in [-0.4, -0.2) is 23.1 Å². The van der Waals surface area contributed by atoms with Crippen molar-refractivity contribution in [1.29, 1.82) is 0 Å². The fourth-order valence-electron chi connectivity index (χ4n) is 1.03. The average molecular weight is 276 g/mol. The molecule has 0 aliphatic rings. The number of nitrogens with one attached hydrogen (secondary N) is 1. The van der Waals surface area contributed by atoms with Gasteiger partial charge in [0.05, 0.1) is 15.7 Å². The van der Waals surface area contributed by atoms with Crippen LogP contribution in [0.4, 0.5) is 0 Å². The quantitative estimate of drug-likeness (QED) is 0.913. The van der Waals surface area contributed by atoms with E-state index in [0.29, 0.717) is 5.75 Å². The molecular formula is C10H14BrNOS. The van der Waals surface area contributed by atoms with E-state index in [4.69, 9.17) is 0 Å². The summed E-state index contributed by atoms with van der Waals surface area (Å²) >= 11 is 3.40. The second-order valence-electron chi connectivity index (χ2n) is 3.13. The average Bonchev–Trinajstić information content (AvgIpc) is 2.18. The number of halogens is 1. The van der Waals surface area contributed by atoms with Crippen LogP contribution in [0, 0.1) is 0 Å². The summed E-state index contributed by atoms with van der Waals surface area (Å²) in [6.07, 6.45) is 0. The van der Waals surface area contributed by atoms with Crippen molar-refractivity contribution in [3.8, 4) is 0 Å². The molecule has 0 radical (unpaired) electrons. The monoisotopic (exact) mass is 275 g/mol. The number of hydrogen-bond donors (Lipinski definition) is 1. The number of hydrogen-bond acceptors (Lipinski definition) is 2.